The van der Waals surface area contributed by atoms with Gasteiger partial charge in [0.05, 0.1) is 18.5 Å². The third-order valence-corrected chi connectivity index (χ3v) is 4.25. The van der Waals surface area contributed by atoms with Crippen molar-refractivity contribution in [2.24, 2.45) is 10.1 Å². The van der Waals surface area contributed by atoms with Crippen molar-refractivity contribution in [1.29, 1.82) is 0 Å². The fraction of sp³-hybridized carbons (Fsp3) is 0.278. The highest BCUT2D eigenvalue weighted by atomic mass is 16.4. The van der Waals surface area contributed by atoms with Crippen LogP contribution in [0.15, 0.2) is 34.4 Å². The first-order chi connectivity index (χ1) is 13.9. The van der Waals surface area contributed by atoms with E-state index in [1.807, 2.05) is 24.3 Å². The molecule has 0 fully saturated rings. The van der Waals surface area contributed by atoms with Gasteiger partial charge in [0, 0.05) is 17.4 Å². The molecule has 1 aliphatic heterocycles. The molecule has 1 aliphatic rings. The van der Waals surface area contributed by atoms with Crippen LogP contribution >= 0.6 is 0 Å². The minimum Gasteiger partial charge on any atom is -0.492 e. The van der Waals surface area contributed by atoms with Gasteiger partial charge in [0.15, 0.2) is 0 Å². The number of hydrogen-bond acceptors (Lipinski definition) is 10. The van der Waals surface area contributed by atoms with Crippen LogP contribution in [-0.4, -0.2) is 84.1 Å². The number of imidazole rings is 1. The molecule has 0 amide bonds. The molecule has 3 rings (SSSR count). The summed E-state index contributed by atoms with van der Waals surface area (Å²) in [5.74, 6) is -0.221. The molecule has 29 heavy (non-hydrogen) atoms. The largest absolute Gasteiger partial charge is 0.492 e. The average molecular weight is 403 g/mol. The number of aromatic hydroxyl groups is 1. The van der Waals surface area contributed by atoms with Gasteiger partial charge in [0.2, 0.25) is 11.8 Å². The number of aromatic amines is 1. The van der Waals surface area contributed by atoms with Crippen LogP contribution in [0.5, 0.6) is 5.88 Å². The molecule has 0 spiro atoms. The topological polar surface area (TPSA) is 187 Å². The molecule has 4 unspecified atom stereocenters. The van der Waals surface area contributed by atoms with E-state index < -0.39 is 31.0 Å². The fourth-order valence-electron chi connectivity index (χ4n) is 2.64. The van der Waals surface area contributed by atoms with Crippen LogP contribution in [0.25, 0.3) is 11.6 Å². The Labute approximate surface area is 165 Å². The molecule has 8 N–H and O–H groups in total. The van der Waals surface area contributed by atoms with Crippen LogP contribution in [0.2, 0.25) is 0 Å². The lowest BCUT2D eigenvalue weighted by Gasteiger charge is -2.23. The zero-order valence-electron chi connectivity index (χ0n) is 15.1. The summed E-state index contributed by atoms with van der Waals surface area (Å²) in [6.45, 7) is -0.778. The average Bonchev–Trinajstić information content (AvgIpc) is 3.29. The number of hydrazone groups is 1. The fourth-order valence-corrected chi connectivity index (χ4v) is 2.64. The van der Waals surface area contributed by atoms with E-state index in [0.717, 1.165) is 23.0 Å². The van der Waals surface area contributed by atoms with E-state index in [2.05, 4.69) is 25.5 Å². The summed E-state index contributed by atoms with van der Waals surface area (Å²) in [6, 6.07) is 7.53. The summed E-state index contributed by atoms with van der Waals surface area (Å²) < 4.78 is 0. The first kappa shape index (κ1) is 20.6. The molecule has 11 heteroatoms. The summed E-state index contributed by atoms with van der Waals surface area (Å²) in [5.41, 5.74) is 5.26. The standard InChI is InChI=1S/C18H21N5O6/c24-8-14(26)16(28)15(27)13(25)7-20-23-18-21-12(17(29)22-18)5-9-6-19-11-4-2-1-3-10(9)11/h1-7,13-16,24-29H,8H2,(H2,21,22,23)/b9-5+,20-7+. The smallest absolute Gasteiger partial charge is 0.238 e. The van der Waals surface area contributed by atoms with E-state index >= 15 is 0 Å². The van der Waals surface area contributed by atoms with Crippen molar-refractivity contribution >= 4 is 35.7 Å². The predicted molar refractivity (Wildman–Crippen MR) is 106 cm³/mol. The molecule has 0 saturated carbocycles. The third-order valence-electron chi connectivity index (χ3n) is 4.25. The normalized spacial score (nSPS) is 18.7. The Bertz CT molecular complexity index is 941. The number of anilines is 1. The van der Waals surface area contributed by atoms with Gasteiger partial charge in [0.1, 0.15) is 30.1 Å². The van der Waals surface area contributed by atoms with E-state index in [0.29, 0.717) is 5.69 Å². The van der Waals surface area contributed by atoms with E-state index in [-0.39, 0.29) is 11.8 Å². The number of allylic oxidation sites excluding steroid dienone is 1. The van der Waals surface area contributed by atoms with Gasteiger partial charge >= 0.3 is 0 Å². The number of aromatic nitrogens is 2. The molecule has 0 aliphatic carbocycles. The monoisotopic (exact) mass is 403 g/mol. The van der Waals surface area contributed by atoms with Crippen LogP contribution in [0.1, 0.15) is 11.3 Å². The number of para-hydroxylation sites is 1. The molecule has 2 heterocycles. The van der Waals surface area contributed by atoms with Gasteiger partial charge in [-0.1, -0.05) is 18.2 Å². The first-order valence-electron chi connectivity index (χ1n) is 8.67. The Morgan fingerprint density at radius 3 is 2.66 bits per heavy atom. The minimum absolute atomic E-state index is 0.0615. The van der Waals surface area contributed by atoms with Crippen LogP contribution in [0, 0.1) is 0 Å². The van der Waals surface area contributed by atoms with Gasteiger partial charge in [-0.2, -0.15) is 10.1 Å². The Balaban J connectivity index is 1.65. The summed E-state index contributed by atoms with van der Waals surface area (Å²) in [7, 11) is 0. The van der Waals surface area contributed by atoms with E-state index in [1.165, 1.54) is 0 Å². The van der Waals surface area contributed by atoms with E-state index in [4.69, 9.17) is 5.11 Å². The van der Waals surface area contributed by atoms with Gasteiger partial charge in [-0.25, -0.2) is 5.43 Å². The molecular weight excluding hydrogens is 382 g/mol. The maximum Gasteiger partial charge on any atom is 0.238 e. The van der Waals surface area contributed by atoms with Crippen LogP contribution in [0.4, 0.5) is 11.6 Å². The molecule has 154 valence electrons. The number of H-pyrrole nitrogens is 1. The Kier molecular flexibility index (Phi) is 6.36. The number of benzene rings is 1. The quantitative estimate of drug-likeness (QED) is 0.208. The summed E-state index contributed by atoms with van der Waals surface area (Å²) in [4.78, 5) is 10.9. The van der Waals surface area contributed by atoms with Crippen LogP contribution < -0.4 is 5.43 Å². The van der Waals surface area contributed by atoms with E-state index in [1.54, 1.807) is 12.3 Å². The van der Waals surface area contributed by atoms with Gasteiger partial charge < -0.3 is 35.6 Å². The van der Waals surface area contributed by atoms with Crippen molar-refractivity contribution in [3.63, 3.8) is 0 Å². The van der Waals surface area contributed by atoms with Crippen LogP contribution in [0.3, 0.4) is 0 Å². The van der Waals surface area contributed by atoms with Crippen molar-refractivity contribution < 1.29 is 30.6 Å². The first-order valence-corrected chi connectivity index (χ1v) is 8.67. The van der Waals surface area contributed by atoms with Crippen molar-refractivity contribution in [2.75, 3.05) is 12.0 Å². The summed E-state index contributed by atoms with van der Waals surface area (Å²) >= 11 is 0. The highest BCUT2D eigenvalue weighted by Gasteiger charge is 2.29. The third kappa shape index (κ3) is 4.67. The number of aliphatic hydroxyl groups excluding tert-OH is 5. The number of fused-ring (bicyclic) bond motifs is 1. The van der Waals surface area contributed by atoms with Crippen molar-refractivity contribution in [2.45, 2.75) is 24.4 Å². The molecular formula is C18H21N5O6. The second-order valence-corrected chi connectivity index (χ2v) is 6.31. The highest BCUT2D eigenvalue weighted by Crippen LogP contribution is 2.33. The lowest BCUT2D eigenvalue weighted by molar-refractivity contribution is -0.0999. The second kappa shape index (κ2) is 8.94. The van der Waals surface area contributed by atoms with E-state index in [9.17, 15) is 25.5 Å². The van der Waals surface area contributed by atoms with Gasteiger partial charge in [-0.05, 0) is 12.1 Å². The molecule has 11 nitrogen and oxygen atoms in total. The zero-order valence-corrected chi connectivity index (χ0v) is 15.1. The maximum absolute atomic E-state index is 10.0. The number of aliphatic imine (C=N–C) groups is 1. The number of nitrogens with zero attached hydrogens (tertiary/aromatic N) is 3. The lowest BCUT2D eigenvalue weighted by atomic mass is 10.0. The number of hydrogen-bond donors (Lipinski definition) is 8. The van der Waals surface area contributed by atoms with Crippen molar-refractivity contribution in [3.05, 3.63) is 35.5 Å². The SMILES string of the molecule is OCC(O)C(O)C(O)C(O)/C=N/Nc1nc(O)c(/C=C2\C=Nc3ccccc32)[nH]1. The minimum atomic E-state index is -1.77. The van der Waals surface area contributed by atoms with Crippen LogP contribution in [-0.2, 0) is 0 Å². The zero-order chi connectivity index (χ0) is 21.0. The van der Waals surface area contributed by atoms with Gasteiger partial charge in [-0.15, -0.1) is 0 Å². The molecule has 0 bridgehead atoms. The number of rotatable bonds is 8. The molecule has 1 aromatic heterocycles. The summed E-state index contributed by atoms with van der Waals surface area (Å²) in [6.07, 6.45) is -2.57. The highest BCUT2D eigenvalue weighted by molar-refractivity contribution is 6.21. The molecule has 4 atom stereocenters. The van der Waals surface area contributed by atoms with Crippen molar-refractivity contribution in [1.82, 2.24) is 9.97 Å². The Morgan fingerprint density at radius 1 is 1.14 bits per heavy atom. The van der Waals surface area contributed by atoms with Gasteiger partial charge in [0.25, 0.3) is 0 Å². The number of nitrogens with one attached hydrogen (secondary N) is 2. The Morgan fingerprint density at radius 2 is 1.90 bits per heavy atom. The summed E-state index contributed by atoms with van der Waals surface area (Å²) in [5, 5.41) is 60.7. The second-order valence-electron chi connectivity index (χ2n) is 6.31. The lowest BCUT2D eigenvalue weighted by Crippen LogP contribution is -2.46. The molecule has 0 radical (unpaired) electrons. The predicted octanol–water partition coefficient (Wildman–Crippen LogP) is -0.795. The van der Waals surface area contributed by atoms with Gasteiger partial charge in [-0.3, -0.25) is 4.99 Å². The molecule has 1 aromatic carbocycles. The van der Waals surface area contributed by atoms with Crippen molar-refractivity contribution in [3.8, 4) is 5.88 Å². The number of aliphatic hydroxyl groups is 5. The maximum atomic E-state index is 10.0. The Hall–Kier alpha value is -3.09. The molecule has 0 saturated heterocycles. The molecule has 2 aromatic rings.